The van der Waals surface area contributed by atoms with Crippen molar-refractivity contribution in [2.24, 2.45) is 5.92 Å². The van der Waals surface area contributed by atoms with Gasteiger partial charge in [0.1, 0.15) is 0 Å². The molecule has 0 bridgehead atoms. The maximum Gasteiger partial charge on any atom is 0.241 e. The standard InChI is InChI=1S/C16H24N2O/c1-4-13-8-9-17-14(10-13)16(19)18-15-11(2)6-5-7-12(15)3/h5-7,13-14,17H,4,8-10H2,1-3H3,(H,18,19)/t13-,14+/m1/s1. The van der Waals surface area contributed by atoms with Crippen LogP contribution in [0.3, 0.4) is 0 Å². The van der Waals surface area contributed by atoms with Gasteiger partial charge in [-0.1, -0.05) is 31.5 Å². The van der Waals surface area contributed by atoms with E-state index in [9.17, 15) is 4.79 Å². The van der Waals surface area contributed by atoms with E-state index < -0.39 is 0 Å². The summed E-state index contributed by atoms with van der Waals surface area (Å²) in [6.45, 7) is 7.22. The largest absolute Gasteiger partial charge is 0.324 e. The smallest absolute Gasteiger partial charge is 0.241 e. The second kappa shape index (κ2) is 6.20. The summed E-state index contributed by atoms with van der Waals surface area (Å²) in [5.41, 5.74) is 3.21. The van der Waals surface area contributed by atoms with Gasteiger partial charge in [-0.2, -0.15) is 0 Å². The fourth-order valence-corrected chi connectivity index (χ4v) is 2.79. The van der Waals surface area contributed by atoms with E-state index in [1.807, 2.05) is 32.0 Å². The average molecular weight is 260 g/mol. The number of para-hydroxylation sites is 1. The number of benzene rings is 1. The predicted octanol–water partition coefficient (Wildman–Crippen LogP) is 3.02. The minimum atomic E-state index is -0.0438. The molecule has 2 atom stereocenters. The molecule has 1 heterocycles. The van der Waals surface area contributed by atoms with Crippen LogP contribution >= 0.6 is 0 Å². The van der Waals surface area contributed by atoms with Crippen LogP contribution in [0.1, 0.15) is 37.3 Å². The molecule has 2 rings (SSSR count). The van der Waals surface area contributed by atoms with Crippen molar-refractivity contribution in [3.05, 3.63) is 29.3 Å². The predicted molar refractivity (Wildman–Crippen MR) is 79.4 cm³/mol. The first-order chi connectivity index (χ1) is 9.11. The van der Waals surface area contributed by atoms with Crippen molar-refractivity contribution in [3.8, 4) is 0 Å². The molecule has 1 aliphatic heterocycles. The van der Waals surface area contributed by atoms with Gasteiger partial charge >= 0.3 is 0 Å². The van der Waals surface area contributed by atoms with Gasteiger partial charge in [-0.25, -0.2) is 0 Å². The number of anilines is 1. The quantitative estimate of drug-likeness (QED) is 0.877. The highest BCUT2D eigenvalue weighted by Crippen LogP contribution is 2.23. The number of hydrogen-bond donors (Lipinski definition) is 2. The summed E-state index contributed by atoms with van der Waals surface area (Å²) in [6.07, 6.45) is 3.30. The van der Waals surface area contributed by atoms with Crippen molar-refractivity contribution < 1.29 is 4.79 Å². The Balaban J connectivity index is 2.04. The summed E-state index contributed by atoms with van der Waals surface area (Å²) in [5, 5.41) is 6.42. The Morgan fingerprint density at radius 3 is 2.68 bits per heavy atom. The second-order valence-electron chi connectivity index (χ2n) is 5.56. The number of hydrogen-bond acceptors (Lipinski definition) is 2. The first kappa shape index (κ1) is 14.1. The Labute approximate surface area is 115 Å². The molecule has 0 saturated carbocycles. The van der Waals surface area contributed by atoms with E-state index in [1.165, 1.54) is 6.42 Å². The van der Waals surface area contributed by atoms with E-state index >= 15 is 0 Å². The van der Waals surface area contributed by atoms with E-state index in [0.29, 0.717) is 5.92 Å². The van der Waals surface area contributed by atoms with E-state index in [2.05, 4.69) is 17.6 Å². The van der Waals surface area contributed by atoms with Gasteiger partial charge in [0.15, 0.2) is 0 Å². The topological polar surface area (TPSA) is 41.1 Å². The van der Waals surface area contributed by atoms with Crippen molar-refractivity contribution in [2.75, 3.05) is 11.9 Å². The summed E-state index contributed by atoms with van der Waals surface area (Å²) in [5.74, 6) is 0.783. The summed E-state index contributed by atoms with van der Waals surface area (Å²) in [6, 6.07) is 6.04. The highest BCUT2D eigenvalue weighted by atomic mass is 16.2. The van der Waals surface area contributed by atoms with E-state index in [4.69, 9.17) is 0 Å². The van der Waals surface area contributed by atoms with Crippen LogP contribution in [-0.2, 0) is 4.79 Å². The Kier molecular flexibility index (Phi) is 4.59. The fraction of sp³-hybridized carbons (Fsp3) is 0.562. The molecule has 19 heavy (non-hydrogen) atoms. The Morgan fingerprint density at radius 2 is 2.05 bits per heavy atom. The van der Waals surface area contributed by atoms with Crippen molar-refractivity contribution in [1.29, 1.82) is 0 Å². The third-order valence-electron chi connectivity index (χ3n) is 4.14. The highest BCUT2D eigenvalue weighted by Gasteiger charge is 2.26. The van der Waals surface area contributed by atoms with Gasteiger partial charge in [0.2, 0.25) is 5.91 Å². The molecule has 0 aliphatic carbocycles. The molecule has 0 radical (unpaired) electrons. The maximum atomic E-state index is 12.4. The van der Waals surface area contributed by atoms with Crippen molar-refractivity contribution in [2.45, 2.75) is 46.1 Å². The molecule has 3 heteroatoms. The molecule has 0 aromatic heterocycles. The van der Waals surface area contributed by atoms with Crippen molar-refractivity contribution >= 4 is 11.6 Å². The van der Waals surface area contributed by atoms with Crippen LogP contribution < -0.4 is 10.6 Å². The van der Waals surface area contributed by atoms with Crippen LogP contribution in [-0.4, -0.2) is 18.5 Å². The average Bonchev–Trinajstić information content (AvgIpc) is 2.43. The van der Waals surface area contributed by atoms with Gasteiger partial charge in [-0.05, 0) is 50.3 Å². The molecule has 1 aliphatic rings. The highest BCUT2D eigenvalue weighted by molar-refractivity contribution is 5.96. The molecule has 1 amide bonds. The van der Waals surface area contributed by atoms with Crippen LogP contribution in [0.2, 0.25) is 0 Å². The number of carbonyl (C=O) groups excluding carboxylic acids is 1. The third-order valence-corrected chi connectivity index (χ3v) is 4.14. The van der Waals surface area contributed by atoms with Crippen LogP contribution in [0, 0.1) is 19.8 Å². The zero-order chi connectivity index (χ0) is 13.8. The van der Waals surface area contributed by atoms with Gasteiger partial charge in [0, 0.05) is 5.69 Å². The molecular weight excluding hydrogens is 236 g/mol. The number of piperidine rings is 1. The minimum Gasteiger partial charge on any atom is -0.324 e. The van der Waals surface area contributed by atoms with E-state index in [-0.39, 0.29) is 11.9 Å². The van der Waals surface area contributed by atoms with E-state index in [0.717, 1.165) is 36.2 Å². The van der Waals surface area contributed by atoms with Crippen molar-refractivity contribution in [1.82, 2.24) is 5.32 Å². The van der Waals surface area contributed by atoms with Gasteiger partial charge in [0.05, 0.1) is 6.04 Å². The van der Waals surface area contributed by atoms with Gasteiger partial charge in [-0.15, -0.1) is 0 Å². The van der Waals surface area contributed by atoms with E-state index in [1.54, 1.807) is 0 Å². The lowest BCUT2D eigenvalue weighted by Gasteiger charge is -2.29. The Bertz CT molecular complexity index is 436. The first-order valence-corrected chi connectivity index (χ1v) is 7.22. The number of aryl methyl sites for hydroxylation is 2. The summed E-state index contributed by atoms with van der Waals surface area (Å²) >= 11 is 0. The molecule has 1 aromatic rings. The third kappa shape index (κ3) is 3.35. The lowest BCUT2D eigenvalue weighted by atomic mass is 9.90. The monoisotopic (exact) mass is 260 g/mol. The summed E-state index contributed by atoms with van der Waals surface area (Å²) in [4.78, 5) is 12.4. The molecule has 2 N–H and O–H groups in total. The normalized spacial score (nSPS) is 23.1. The number of amides is 1. The van der Waals surface area contributed by atoms with Crippen molar-refractivity contribution in [3.63, 3.8) is 0 Å². The minimum absolute atomic E-state index is 0.0438. The van der Waals surface area contributed by atoms with Gasteiger partial charge in [0.25, 0.3) is 0 Å². The molecule has 0 unspecified atom stereocenters. The summed E-state index contributed by atoms with van der Waals surface area (Å²) in [7, 11) is 0. The zero-order valence-corrected chi connectivity index (χ0v) is 12.1. The molecule has 0 spiro atoms. The SMILES string of the molecule is CC[C@@H]1CCN[C@H](C(=O)Nc2c(C)cccc2C)C1. The summed E-state index contributed by atoms with van der Waals surface area (Å²) < 4.78 is 0. The molecule has 3 nitrogen and oxygen atoms in total. The number of nitrogens with one attached hydrogen (secondary N) is 2. The fourth-order valence-electron chi connectivity index (χ4n) is 2.79. The Morgan fingerprint density at radius 1 is 1.37 bits per heavy atom. The molecule has 1 saturated heterocycles. The van der Waals surface area contributed by atoms with Gasteiger partial charge < -0.3 is 10.6 Å². The second-order valence-corrected chi connectivity index (χ2v) is 5.56. The number of rotatable bonds is 3. The lowest BCUT2D eigenvalue weighted by Crippen LogP contribution is -2.46. The van der Waals surface area contributed by atoms with Gasteiger partial charge in [-0.3, -0.25) is 4.79 Å². The van der Waals surface area contributed by atoms with Crippen LogP contribution in [0.25, 0.3) is 0 Å². The molecular formula is C16H24N2O. The molecule has 1 aromatic carbocycles. The van der Waals surface area contributed by atoms with Crippen LogP contribution in [0.4, 0.5) is 5.69 Å². The Hall–Kier alpha value is -1.35. The maximum absolute atomic E-state index is 12.4. The number of carbonyl (C=O) groups is 1. The van der Waals surface area contributed by atoms with Crippen LogP contribution in [0.15, 0.2) is 18.2 Å². The zero-order valence-electron chi connectivity index (χ0n) is 12.1. The molecule has 1 fully saturated rings. The lowest BCUT2D eigenvalue weighted by molar-refractivity contribution is -0.119. The first-order valence-electron chi connectivity index (χ1n) is 7.22. The molecule has 104 valence electrons. The van der Waals surface area contributed by atoms with Crippen LogP contribution in [0.5, 0.6) is 0 Å².